The number of hydrogen-bond acceptors (Lipinski definition) is 3. The summed E-state index contributed by atoms with van der Waals surface area (Å²) in [5.74, 6) is -1.40. The number of carbonyl (C=O) groups excluding carboxylic acids is 2. The molecule has 0 spiro atoms. The lowest BCUT2D eigenvalue weighted by atomic mass is 9.68. The monoisotopic (exact) mass is 380 g/mol. The molecule has 1 aromatic heterocycles. The summed E-state index contributed by atoms with van der Waals surface area (Å²) in [7, 11) is 0. The van der Waals surface area contributed by atoms with Crippen molar-refractivity contribution in [1.82, 2.24) is 4.98 Å². The molecule has 5 rings (SSSR count). The second-order valence-electron chi connectivity index (χ2n) is 7.53. The first-order chi connectivity index (χ1) is 14.3. The van der Waals surface area contributed by atoms with Crippen LogP contribution in [0.15, 0.2) is 97.3 Å². The largest absolute Gasteiger partial charge is 0.274 e. The van der Waals surface area contributed by atoms with Crippen LogP contribution in [0.3, 0.4) is 0 Å². The van der Waals surface area contributed by atoms with Crippen LogP contribution in [-0.2, 0) is 9.59 Å². The molecule has 4 atom stereocenters. The Morgan fingerprint density at radius 2 is 1.17 bits per heavy atom. The molecular formula is C25H20N2O2. The summed E-state index contributed by atoms with van der Waals surface area (Å²) in [5, 5.41) is 0. The van der Waals surface area contributed by atoms with E-state index in [2.05, 4.69) is 17.1 Å². The van der Waals surface area contributed by atoms with Gasteiger partial charge in [0, 0.05) is 18.0 Å². The van der Waals surface area contributed by atoms with Gasteiger partial charge in [-0.2, -0.15) is 0 Å². The molecule has 0 N–H and O–H groups in total. The number of nitrogens with zero attached hydrogens (tertiary/aromatic N) is 2. The normalized spacial score (nSPS) is 25.9. The van der Waals surface area contributed by atoms with E-state index in [4.69, 9.17) is 0 Å². The van der Waals surface area contributed by atoms with E-state index in [0.717, 1.165) is 11.1 Å². The fourth-order valence-electron chi connectivity index (χ4n) is 4.67. The Labute approximate surface area is 169 Å². The van der Waals surface area contributed by atoms with E-state index >= 15 is 0 Å². The Morgan fingerprint density at radius 1 is 0.655 bits per heavy atom. The van der Waals surface area contributed by atoms with Crippen molar-refractivity contribution in [3.8, 4) is 0 Å². The van der Waals surface area contributed by atoms with Crippen molar-refractivity contribution in [2.24, 2.45) is 11.8 Å². The van der Waals surface area contributed by atoms with Gasteiger partial charge in [-0.05, 0) is 23.3 Å². The minimum Gasteiger partial charge on any atom is -0.274 e. The zero-order valence-corrected chi connectivity index (χ0v) is 15.8. The van der Waals surface area contributed by atoms with Crippen molar-refractivity contribution in [3.63, 3.8) is 0 Å². The van der Waals surface area contributed by atoms with E-state index in [-0.39, 0.29) is 23.7 Å². The van der Waals surface area contributed by atoms with Gasteiger partial charge in [-0.25, -0.2) is 4.90 Å². The summed E-state index contributed by atoms with van der Waals surface area (Å²) in [5.41, 5.74) is 2.65. The zero-order chi connectivity index (χ0) is 19.8. The van der Waals surface area contributed by atoms with Crippen molar-refractivity contribution < 1.29 is 9.59 Å². The summed E-state index contributed by atoms with van der Waals surface area (Å²) in [6.07, 6.45) is 7.43. The van der Waals surface area contributed by atoms with Crippen molar-refractivity contribution in [1.29, 1.82) is 0 Å². The van der Waals surface area contributed by atoms with E-state index in [1.54, 1.807) is 24.5 Å². The minimum atomic E-state index is -0.430. The van der Waals surface area contributed by atoms with Gasteiger partial charge in [-0.1, -0.05) is 72.8 Å². The highest BCUT2D eigenvalue weighted by Crippen LogP contribution is 2.49. The molecule has 2 aliphatic rings. The number of anilines is 1. The Kier molecular flexibility index (Phi) is 4.32. The van der Waals surface area contributed by atoms with Crippen LogP contribution in [0.25, 0.3) is 0 Å². The molecule has 2 aromatic carbocycles. The molecule has 2 amide bonds. The highest BCUT2D eigenvalue weighted by atomic mass is 16.2. The fourth-order valence-corrected chi connectivity index (χ4v) is 4.67. The van der Waals surface area contributed by atoms with Crippen LogP contribution in [-0.4, -0.2) is 16.8 Å². The number of pyridine rings is 1. The van der Waals surface area contributed by atoms with Gasteiger partial charge < -0.3 is 0 Å². The Bertz CT molecular complexity index is 996. The molecule has 0 bridgehead atoms. The predicted molar refractivity (Wildman–Crippen MR) is 111 cm³/mol. The van der Waals surface area contributed by atoms with Gasteiger partial charge in [0.1, 0.15) is 0 Å². The van der Waals surface area contributed by atoms with Crippen LogP contribution < -0.4 is 4.90 Å². The number of carbonyl (C=O) groups is 2. The van der Waals surface area contributed by atoms with E-state index in [0.29, 0.717) is 5.69 Å². The summed E-state index contributed by atoms with van der Waals surface area (Å²) in [6.45, 7) is 0. The van der Waals surface area contributed by atoms with Gasteiger partial charge in [0.2, 0.25) is 11.8 Å². The highest BCUT2D eigenvalue weighted by molar-refractivity contribution is 6.22. The van der Waals surface area contributed by atoms with Gasteiger partial charge in [-0.3, -0.25) is 14.6 Å². The molecule has 3 aromatic rings. The second kappa shape index (κ2) is 7.13. The lowest BCUT2D eigenvalue weighted by Crippen LogP contribution is -2.31. The molecule has 1 saturated heterocycles. The third kappa shape index (κ3) is 2.88. The van der Waals surface area contributed by atoms with Gasteiger partial charge in [-0.15, -0.1) is 0 Å². The van der Waals surface area contributed by atoms with E-state index in [1.165, 1.54) is 4.90 Å². The predicted octanol–water partition coefficient (Wildman–Crippen LogP) is 4.32. The van der Waals surface area contributed by atoms with E-state index < -0.39 is 11.8 Å². The first kappa shape index (κ1) is 17.6. The fraction of sp³-hybridized carbons (Fsp3) is 0.160. The molecule has 0 saturated carbocycles. The average Bonchev–Trinajstić information content (AvgIpc) is 3.06. The molecule has 142 valence electrons. The lowest BCUT2D eigenvalue weighted by Gasteiger charge is -2.32. The molecule has 4 heteroatoms. The zero-order valence-electron chi connectivity index (χ0n) is 15.8. The van der Waals surface area contributed by atoms with Crippen molar-refractivity contribution in [2.75, 3.05) is 4.90 Å². The molecule has 4 nitrogen and oxygen atoms in total. The van der Waals surface area contributed by atoms with E-state index in [9.17, 15) is 9.59 Å². The minimum absolute atomic E-state index is 0.126. The molecular weight excluding hydrogens is 360 g/mol. The summed E-state index contributed by atoms with van der Waals surface area (Å²) >= 11 is 0. The third-order valence-corrected chi connectivity index (χ3v) is 5.97. The standard InChI is InChI=1S/C25H20N2O2/c28-24-22-20(17-8-3-1-4-9-17)13-14-21(18-10-5-2-6-11-18)23(22)25(29)27(24)19-12-7-15-26-16-19/h1-16,20-23H/t20-,21+,22+,23-. The number of hydrogen-bond donors (Lipinski definition) is 0. The maximum atomic E-state index is 13.6. The number of rotatable bonds is 3. The van der Waals surface area contributed by atoms with Crippen LogP contribution in [0.2, 0.25) is 0 Å². The molecule has 0 unspecified atom stereocenters. The Hall–Kier alpha value is -3.53. The summed E-state index contributed by atoms with van der Waals surface area (Å²) in [6, 6.07) is 23.4. The third-order valence-electron chi connectivity index (χ3n) is 5.97. The second-order valence-corrected chi connectivity index (χ2v) is 7.53. The maximum Gasteiger partial charge on any atom is 0.238 e. The molecule has 29 heavy (non-hydrogen) atoms. The Balaban J connectivity index is 1.64. The van der Waals surface area contributed by atoms with Crippen LogP contribution in [0.5, 0.6) is 0 Å². The number of benzene rings is 2. The summed E-state index contributed by atoms with van der Waals surface area (Å²) in [4.78, 5) is 32.6. The molecule has 0 radical (unpaired) electrons. The van der Waals surface area contributed by atoms with Crippen LogP contribution in [0.1, 0.15) is 23.0 Å². The van der Waals surface area contributed by atoms with Crippen LogP contribution >= 0.6 is 0 Å². The number of amides is 2. The van der Waals surface area contributed by atoms with Crippen molar-refractivity contribution >= 4 is 17.5 Å². The number of imide groups is 1. The quantitative estimate of drug-likeness (QED) is 0.502. The van der Waals surface area contributed by atoms with Gasteiger partial charge in [0.25, 0.3) is 0 Å². The number of aromatic nitrogens is 1. The molecule has 1 aliphatic heterocycles. The Morgan fingerprint density at radius 3 is 1.62 bits per heavy atom. The summed E-state index contributed by atoms with van der Waals surface area (Å²) < 4.78 is 0. The van der Waals surface area contributed by atoms with Crippen molar-refractivity contribution in [2.45, 2.75) is 11.8 Å². The van der Waals surface area contributed by atoms with Gasteiger partial charge in [0.05, 0.1) is 23.7 Å². The van der Waals surface area contributed by atoms with E-state index in [1.807, 2.05) is 60.7 Å². The van der Waals surface area contributed by atoms with Gasteiger partial charge >= 0.3 is 0 Å². The van der Waals surface area contributed by atoms with Crippen LogP contribution in [0.4, 0.5) is 5.69 Å². The van der Waals surface area contributed by atoms with Crippen molar-refractivity contribution in [3.05, 3.63) is 108 Å². The average molecular weight is 380 g/mol. The molecule has 2 heterocycles. The van der Waals surface area contributed by atoms with Crippen LogP contribution in [0, 0.1) is 11.8 Å². The first-order valence-electron chi connectivity index (χ1n) is 9.82. The lowest BCUT2D eigenvalue weighted by molar-refractivity contribution is -0.122. The van der Waals surface area contributed by atoms with Gasteiger partial charge in [0.15, 0.2) is 0 Å². The topological polar surface area (TPSA) is 50.3 Å². The molecule has 1 aliphatic carbocycles. The molecule has 1 fully saturated rings. The smallest absolute Gasteiger partial charge is 0.238 e. The maximum absolute atomic E-state index is 13.6. The number of fused-ring (bicyclic) bond motifs is 1. The first-order valence-corrected chi connectivity index (χ1v) is 9.82. The SMILES string of the molecule is O=C1[C@@H]2[C@H](C(=O)N1c1cccnc1)[C@H](c1ccccc1)C=C[C@@H]2c1ccccc1. The number of allylic oxidation sites excluding steroid dienone is 2. The highest BCUT2D eigenvalue weighted by Gasteiger charge is 2.55.